The highest BCUT2D eigenvalue weighted by molar-refractivity contribution is 5.77. The van der Waals surface area contributed by atoms with Gasteiger partial charge in [0.2, 0.25) is 17.7 Å². The summed E-state index contributed by atoms with van der Waals surface area (Å²) in [6, 6.07) is -5.56. The van der Waals surface area contributed by atoms with Crippen LogP contribution in [-0.2, 0) is 80.9 Å². The van der Waals surface area contributed by atoms with Gasteiger partial charge in [-0.05, 0) is 25.7 Å². The number of aliphatic hydroxyl groups is 17. The number of aliphatic carboxylic acids is 2. The number of hydrogen-bond acceptors (Lipinski definition) is 36. The average Bonchev–Trinajstić information content (AvgIpc) is 0.762. The van der Waals surface area contributed by atoms with Crippen molar-refractivity contribution in [3.63, 3.8) is 0 Å². The quantitative estimate of drug-likeness (QED) is 0.0199. The Bertz CT molecular complexity index is 2270. The van der Waals surface area contributed by atoms with Gasteiger partial charge in [-0.25, -0.2) is 9.59 Å². The zero-order valence-electron chi connectivity index (χ0n) is 54.5. The van der Waals surface area contributed by atoms with Crippen molar-refractivity contribution in [3.05, 3.63) is 0 Å². The lowest BCUT2D eigenvalue weighted by molar-refractivity contribution is -0.362. The Hall–Kier alpha value is -3.89. The average molecular weight is 1410 g/mol. The fraction of sp³-hybridized carbons (Fsp3) is 0.909. The molecule has 2 aliphatic rings. The van der Waals surface area contributed by atoms with E-state index < -0.39 is 279 Å². The lowest BCUT2D eigenvalue weighted by atomic mass is 9.87. The van der Waals surface area contributed by atoms with Gasteiger partial charge in [-0.2, -0.15) is 5.06 Å². The predicted molar refractivity (Wildman–Crippen MR) is 315 cm³/mol. The number of carbonyl (C=O) groups is 5. The van der Waals surface area contributed by atoms with E-state index in [1.807, 2.05) is 0 Å². The summed E-state index contributed by atoms with van der Waals surface area (Å²) in [6.45, 7) is -3.20. The van der Waals surface area contributed by atoms with E-state index in [0.29, 0.717) is 0 Å². The Kier molecular flexibility index (Phi) is 39.5. The number of carbonyl (C=O) groups excluding carboxylic acids is 3. The second-order valence-corrected chi connectivity index (χ2v) is 22.8. The van der Waals surface area contributed by atoms with Crippen LogP contribution in [0.2, 0.25) is 0 Å². The first-order valence-electron chi connectivity index (χ1n) is 30.4. The molecule has 27 atom stereocenters. The first-order valence-corrected chi connectivity index (χ1v) is 30.4. The van der Waals surface area contributed by atoms with Crippen LogP contribution in [0.15, 0.2) is 0 Å². The molecule has 24 N–H and O–H groups in total. The summed E-state index contributed by atoms with van der Waals surface area (Å²) in [5.74, 6) is -14.0. The van der Waals surface area contributed by atoms with E-state index in [-0.39, 0.29) is 13.2 Å². The van der Waals surface area contributed by atoms with Gasteiger partial charge in [0.15, 0.2) is 25.1 Å². The van der Waals surface area contributed by atoms with Crippen LogP contribution in [0.5, 0.6) is 0 Å². The van der Waals surface area contributed by atoms with E-state index >= 15 is 0 Å². The van der Waals surface area contributed by atoms with Gasteiger partial charge in [-0.1, -0.05) is 0 Å². The highest BCUT2D eigenvalue weighted by Gasteiger charge is 2.61. The zero-order valence-corrected chi connectivity index (χ0v) is 54.5. The Labute approximate surface area is 551 Å². The molecular weight excluding hydrogens is 1310 g/mol. The molecule has 0 spiro atoms. The number of methoxy groups -OCH3 is 4. The Morgan fingerprint density at radius 3 is 1.54 bits per heavy atom. The second kappa shape index (κ2) is 43.0. The van der Waals surface area contributed by atoms with Crippen molar-refractivity contribution in [3.8, 4) is 0 Å². The van der Waals surface area contributed by atoms with Gasteiger partial charge in [0.1, 0.15) is 67.1 Å². The van der Waals surface area contributed by atoms with E-state index in [9.17, 15) is 121 Å². The largest absolute Gasteiger partial charge is 0.477 e. The van der Waals surface area contributed by atoms with Gasteiger partial charge in [-0.15, -0.1) is 0 Å². The van der Waals surface area contributed by atoms with Crippen molar-refractivity contribution in [2.45, 2.75) is 230 Å². The van der Waals surface area contributed by atoms with Gasteiger partial charge in [0.05, 0.1) is 80.7 Å². The van der Waals surface area contributed by atoms with Crippen molar-refractivity contribution in [1.82, 2.24) is 21.0 Å². The van der Waals surface area contributed by atoms with Gasteiger partial charge in [0, 0.05) is 108 Å². The maximum Gasteiger partial charge on any atom is 0.364 e. The van der Waals surface area contributed by atoms with Gasteiger partial charge in [-0.3, -0.25) is 19.2 Å². The molecule has 3 amide bonds. The highest BCUT2D eigenvalue weighted by atomic mass is 16.8. The van der Waals surface area contributed by atoms with Crippen LogP contribution in [0, 0.1) is 0 Å². The Morgan fingerprint density at radius 1 is 0.562 bits per heavy atom. The summed E-state index contributed by atoms with van der Waals surface area (Å²) in [4.78, 5) is 71.2. The number of rotatable bonds is 49. The molecule has 2 saturated heterocycles. The van der Waals surface area contributed by atoms with E-state index in [1.165, 1.54) is 7.05 Å². The minimum atomic E-state index is -3.62. The minimum Gasteiger partial charge on any atom is -0.477 e. The molecule has 2 rings (SSSR count). The minimum absolute atomic E-state index is 0.0190. The van der Waals surface area contributed by atoms with E-state index in [4.69, 9.17) is 62.7 Å². The predicted octanol–water partition coefficient (Wildman–Crippen LogP) is -11.8. The normalized spacial score (nSPS) is 27.7. The first-order chi connectivity index (χ1) is 45.2. The molecule has 564 valence electrons. The number of carboxylic acids is 2. The highest BCUT2D eigenvalue weighted by Crippen LogP contribution is 2.40. The molecule has 96 heavy (non-hydrogen) atoms. The molecule has 0 aromatic carbocycles. The van der Waals surface area contributed by atoms with Crippen molar-refractivity contribution in [2.24, 2.45) is 5.73 Å². The van der Waals surface area contributed by atoms with Gasteiger partial charge < -0.3 is 171 Å². The van der Waals surface area contributed by atoms with Crippen LogP contribution < -0.4 is 21.7 Å². The molecule has 0 radical (unpaired) electrons. The Morgan fingerprint density at radius 2 is 1.06 bits per heavy atom. The number of hydrogen-bond donors (Lipinski definition) is 23. The molecule has 41 nitrogen and oxygen atoms in total. The fourth-order valence-electron chi connectivity index (χ4n) is 10.9. The summed E-state index contributed by atoms with van der Waals surface area (Å²) in [7, 11) is 5.08. The van der Waals surface area contributed by atoms with Gasteiger partial charge in [0.25, 0.3) is 11.6 Å². The van der Waals surface area contributed by atoms with Crippen LogP contribution in [0.3, 0.4) is 0 Å². The maximum atomic E-state index is 14.2. The summed E-state index contributed by atoms with van der Waals surface area (Å²) in [5, 5.41) is 217. The van der Waals surface area contributed by atoms with E-state index in [2.05, 4.69) is 16.0 Å². The summed E-state index contributed by atoms with van der Waals surface area (Å²) in [6.07, 6.45) is -53.4. The molecule has 14 unspecified atom stereocenters. The third-order valence-electron chi connectivity index (χ3n) is 15.6. The molecule has 0 aromatic rings. The van der Waals surface area contributed by atoms with Crippen LogP contribution in [-0.4, -0.2) is 385 Å². The number of carboxylic acid groups (broad SMARTS) is 2. The van der Waals surface area contributed by atoms with Crippen molar-refractivity contribution in [1.29, 1.82) is 0 Å². The number of amides is 3. The third-order valence-corrected chi connectivity index (χ3v) is 15.6. The lowest BCUT2D eigenvalue weighted by Crippen LogP contribution is -2.70. The molecule has 0 aliphatic carbocycles. The summed E-state index contributed by atoms with van der Waals surface area (Å²) < 4.78 is 64.1. The smallest absolute Gasteiger partial charge is 0.364 e. The molecule has 2 aliphatic heterocycles. The van der Waals surface area contributed by atoms with E-state index in [0.717, 1.165) is 54.3 Å². The van der Waals surface area contributed by atoms with Crippen LogP contribution in [0.1, 0.15) is 65.7 Å². The Balaban J connectivity index is 3.17. The zero-order chi connectivity index (χ0) is 73.1. The topological polar surface area (TPSA) is 646 Å². The van der Waals surface area contributed by atoms with E-state index in [1.54, 1.807) is 0 Å². The fourth-order valence-corrected chi connectivity index (χ4v) is 10.9. The van der Waals surface area contributed by atoms with Crippen LogP contribution in [0.25, 0.3) is 0 Å². The van der Waals surface area contributed by atoms with Gasteiger partial charge >= 0.3 is 11.9 Å². The number of nitrogens with one attached hydrogen (secondary N) is 3. The monoisotopic (exact) mass is 1410 g/mol. The molecule has 0 bridgehead atoms. The molecule has 2 heterocycles. The molecule has 0 aromatic heterocycles. The number of aliphatic hydroxyl groups excluding tert-OH is 17. The molecule has 41 heteroatoms. The summed E-state index contributed by atoms with van der Waals surface area (Å²) >= 11 is 0. The number of likely N-dealkylation sites (N-methyl/N-ethyl adjacent to an activating group) is 1. The molecular formula is C55H103N5O36. The number of nitrogens with zero attached hydrogens (tertiary/aromatic N) is 1. The second-order valence-electron chi connectivity index (χ2n) is 22.8. The number of hydroxylamine groups is 2. The van der Waals surface area contributed by atoms with Crippen LogP contribution >= 0.6 is 0 Å². The SMILES string of the molecule is COC(O[C@H](CCO)C(O)C(O)[C@@H](OC)N(C)OCCN)C(O)C(O[C@]1(C(=O)O)CC(O)C(NC(C)=O)C([C@H](O)[C@@H](CO)O[C@]2(C(=O)O)CC(O)[C@@H](NC(C)=O)C(C[C@H](O)CO)O2)O1)[C@H](CCO)O[C@H](OC)C(NC(C)=O)C(O[C@H](OC)C(O)C(O)[C@@H](O)CCO)[C@@H](O)CCO. The number of nitrogens with two attached hydrogens (primary N) is 1. The van der Waals surface area contributed by atoms with Crippen LogP contribution in [0.4, 0.5) is 0 Å². The number of ether oxygens (including phenoxy) is 11. The summed E-state index contributed by atoms with van der Waals surface area (Å²) in [5.41, 5.74) is 5.55. The molecule has 0 saturated carbocycles. The van der Waals surface area contributed by atoms with Crippen molar-refractivity contribution < 1.29 is 178 Å². The first kappa shape index (κ1) is 88.2. The third kappa shape index (κ3) is 24.7. The standard InChI is InChI=1S/C55H103N5O36/c1-24(67)57-36-30(73)20-54(52(81)82,93-34(36)19-27(70)22-65)94-35(23-66)41(77)47-37(58-25(2)68)31(74)21-55(96-47,53(83)84)95-46(44(80)51(88-8)90-32(11-16-63)40(76)42(78)48(85-5)60(4)89-18-13-56)33(12-17-64)91-49(86-6)38(59-26(3)69)45(29(72)10-15-62)92-50(87-7)43(79)39(75)28(71)9-14-61/h27-51,61-66,70-80H,9-23,56H2,1-8H3,(H,57,67)(H,58,68)(H,59,69)(H,81,82)(H,83,84)/t27-,28-,29-,30?,31?,32+,33-,34?,35+,36+,37?,38?,39?,40?,41+,42?,43?,44?,45?,46?,47?,48+,49-,50-,51?,54-,55+/m0/s1. The maximum absolute atomic E-state index is 14.2. The van der Waals surface area contributed by atoms with Crippen molar-refractivity contribution >= 4 is 29.7 Å². The lowest BCUT2D eigenvalue weighted by Gasteiger charge is -2.50. The van der Waals surface area contributed by atoms with Crippen molar-refractivity contribution in [2.75, 3.05) is 88.3 Å². The molecule has 2 fully saturated rings.